The van der Waals surface area contributed by atoms with Crippen molar-refractivity contribution in [3.05, 3.63) is 51.0 Å². The maximum Gasteiger partial charge on any atom is 0.340 e. The van der Waals surface area contributed by atoms with Crippen LogP contribution >= 0.6 is 15.9 Å². The summed E-state index contributed by atoms with van der Waals surface area (Å²) in [5.41, 5.74) is 3.70. The van der Waals surface area contributed by atoms with Crippen LogP contribution in [0.5, 0.6) is 0 Å². The van der Waals surface area contributed by atoms with Crippen molar-refractivity contribution in [3.63, 3.8) is 0 Å². The van der Waals surface area contributed by atoms with Crippen molar-refractivity contribution in [2.24, 2.45) is 5.73 Å². The molecule has 1 spiro atoms. The molecule has 154 valence electrons. The van der Waals surface area contributed by atoms with Crippen molar-refractivity contribution in [3.8, 4) is 0 Å². The van der Waals surface area contributed by atoms with Crippen molar-refractivity contribution in [1.82, 2.24) is 0 Å². The summed E-state index contributed by atoms with van der Waals surface area (Å²) in [5, 5.41) is 2.73. The Kier molecular flexibility index (Phi) is 4.98. The second-order valence-electron chi connectivity index (χ2n) is 7.66. The Morgan fingerprint density at radius 1 is 1.21 bits per heavy atom. The molecule has 1 aromatic rings. The molecule has 1 amide bonds. The molecule has 2 heterocycles. The number of nitrogens with two attached hydrogens (primary N) is 1. The zero-order chi connectivity index (χ0) is 21.7. The van der Waals surface area contributed by atoms with E-state index < -0.39 is 28.9 Å². The Labute approximate surface area is 176 Å². The minimum absolute atomic E-state index is 0.0624. The minimum Gasteiger partial charge on any atom is -0.465 e. The molecule has 2 aliphatic rings. The number of hydrogen-bond donors (Lipinski definition) is 2. The van der Waals surface area contributed by atoms with Crippen LogP contribution in [0.25, 0.3) is 0 Å². The molecule has 1 atom stereocenters. The molecule has 0 radical (unpaired) electrons. The lowest BCUT2D eigenvalue weighted by molar-refractivity contribution is -0.152. The van der Waals surface area contributed by atoms with E-state index in [4.69, 9.17) is 19.9 Å². The largest absolute Gasteiger partial charge is 0.465 e. The Morgan fingerprint density at radius 2 is 1.86 bits per heavy atom. The molecule has 29 heavy (non-hydrogen) atoms. The van der Waals surface area contributed by atoms with Gasteiger partial charge in [0.05, 0.1) is 7.11 Å². The van der Waals surface area contributed by atoms with Gasteiger partial charge in [-0.05, 0) is 45.9 Å². The highest BCUT2D eigenvalue weighted by Gasteiger charge is 2.62. The van der Waals surface area contributed by atoms with Crippen molar-refractivity contribution in [2.45, 2.75) is 38.7 Å². The molecule has 3 rings (SSSR count). The summed E-state index contributed by atoms with van der Waals surface area (Å²) in [6.07, 6.45) is 0. The van der Waals surface area contributed by atoms with Gasteiger partial charge in [-0.1, -0.05) is 15.9 Å². The standard InChI is InChI=1S/C20H21BrN2O6/c1-9-13(17(25)29-19(2,3)4)20(14(15(22)28-9)16(24)27-5)11-8-10(21)6-7-12(11)23-18(20)26/h6-8H,22H2,1-5H3,(H,23,26). The quantitative estimate of drug-likeness (QED) is 0.645. The lowest BCUT2D eigenvalue weighted by atomic mass is 9.67. The molecule has 0 saturated carbocycles. The number of ether oxygens (including phenoxy) is 3. The maximum absolute atomic E-state index is 13.4. The van der Waals surface area contributed by atoms with E-state index in [-0.39, 0.29) is 22.8 Å². The number of hydrogen-bond acceptors (Lipinski definition) is 7. The van der Waals surface area contributed by atoms with Gasteiger partial charge in [0.15, 0.2) is 0 Å². The summed E-state index contributed by atoms with van der Waals surface area (Å²) >= 11 is 3.38. The van der Waals surface area contributed by atoms with Gasteiger partial charge in [0.25, 0.3) is 0 Å². The Hall–Kier alpha value is -2.81. The normalized spacial score (nSPS) is 21.0. The topological polar surface area (TPSA) is 117 Å². The van der Waals surface area contributed by atoms with Gasteiger partial charge in [0.2, 0.25) is 11.8 Å². The summed E-state index contributed by atoms with van der Waals surface area (Å²) in [6.45, 7) is 6.58. The third-order valence-corrected chi connectivity index (χ3v) is 5.07. The smallest absolute Gasteiger partial charge is 0.340 e. The number of esters is 2. The van der Waals surface area contributed by atoms with Gasteiger partial charge in [-0.15, -0.1) is 0 Å². The van der Waals surface area contributed by atoms with Gasteiger partial charge >= 0.3 is 11.9 Å². The molecule has 3 N–H and O–H groups in total. The summed E-state index contributed by atoms with van der Waals surface area (Å²) in [5.74, 6) is -2.57. The fraction of sp³-hybridized carbons (Fsp3) is 0.350. The van der Waals surface area contributed by atoms with E-state index in [0.29, 0.717) is 15.7 Å². The van der Waals surface area contributed by atoms with Gasteiger partial charge in [-0.3, -0.25) is 4.79 Å². The lowest BCUT2D eigenvalue weighted by Crippen LogP contribution is -2.49. The van der Waals surface area contributed by atoms with Crippen LogP contribution in [0.1, 0.15) is 33.3 Å². The van der Waals surface area contributed by atoms with E-state index in [0.717, 1.165) is 7.11 Å². The molecule has 1 aromatic carbocycles. The summed E-state index contributed by atoms with van der Waals surface area (Å²) in [7, 11) is 1.16. The van der Waals surface area contributed by atoms with Crippen LogP contribution in [0, 0.1) is 0 Å². The summed E-state index contributed by atoms with van der Waals surface area (Å²) < 4.78 is 16.6. The summed E-state index contributed by atoms with van der Waals surface area (Å²) in [4.78, 5) is 39.4. The number of halogens is 1. The van der Waals surface area contributed by atoms with E-state index in [2.05, 4.69) is 21.2 Å². The molecular weight excluding hydrogens is 444 g/mol. The highest BCUT2D eigenvalue weighted by molar-refractivity contribution is 9.10. The SMILES string of the molecule is COC(=O)C1=C(N)OC(C)=C(C(=O)OC(C)(C)C)C12C(=O)Nc1ccc(Br)cc12. The first-order valence-corrected chi connectivity index (χ1v) is 9.55. The monoisotopic (exact) mass is 464 g/mol. The second-order valence-corrected chi connectivity index (χ2v) is 8.58. The van der Waals surface area contributed by atoms with Crippen LogP contribution in [-0.2, 0) is 34.0 Å². The van der Waals surface area contributed by atoms with E-state index in [1.807, 2.05) is 0 Å². The number of anilines is 1. The fourth-order valence-corrected chi connectivity index (χ4v) is 3.95. The predicted octanol–water partition coefficient (Wildman–Crippen LogP) is 2.63. The van der Waals surface area contributed by atoms with Crippen molar-refractivity contribution < 1.29 is 28.6 Å². The first-order chi connectivity index (χ1) is 13.4. The number of rotatable bonds is 2. The Balaban J connectivity index is 2.39. The van der Waals surface area contributed by atoms with Gasteiger partial charge < -0.3 is 25.3 Å². The number of fused-ring (bicyclic) bond motifs is 2. The first kappa shape index (κ1) is 20.9. The van der Waals surface area contributed by atoms with Gasteiger partial charge in [-0.2, -0.15) is 0 Å². The van der Waals surface area contributed by atoms with E-state index in [1.165, 1.54) is 6.92 Å². The maximum atomic E-state index is 13.4. The van der Waals surface area contributed by atoms with E-state index in [9.17, 15) is 14.4 Å². The van der Waals surface area contributed by atoms with Crippen molar-refractivity contribution in [2.75, 3.05) is 12.4 Å². The molecule has 8 nitrogen and oxygen atoms in total. The number of allylic oxidation sites excluding steroid dienone is 1. The first-order valence-electron chi connectivity index (χ1n) is 8.76. The van der Waals surface area contributed by atoms with Crippen LogP contribution in [0.2, 0.25) is 0 Å². The van der Waals surface area contributed by atoms with Crippen LogP contribution in [0.15, 0.2) is 45.5 Å². The fourth-order valence-electron chi connectivity index (χ4n) is 3.59. The molecule has 1 unspecified atom stereocenters. The number of methoxy groups -OCH3 is 1. The molecule has 0 saturated heterocycles. The van der Waals surface area contributed by atoms with Crippen LogP contribution in [-0.4, -0.2) is 30.6 Å². The second kappa shape index (κ2) is 6.91. The molecule has 0 aromatic heterocycles. The molecule has 0 fully saturated rings. The average Bonchev–Trinajstić information content (AvgIpc) is 2.85. The van der Waals surface area contributed by atoms with Gasteiger partial charge in [0, 0.05) is 15.7 Å². The average molecular weight is 465 g/mol. The van der Waals surface area contributed by atoms with Gasteiger partial charge in [-0.25, -0.2) is 9.59 Å². The van der Waals surface area contributed by atoms with Gasteiger partial charge in [0.1, 0.15) is 27.9 Å². The highest BCUT2D eigenvalue weighted by atomic mass is 79.9. The van der Waals surface area contributed by atoms with Crippen molar-refractivity contribution >= 4 is 39.5 Å². The van der Waals surface area contributed by atoms with E-state index in [1.54, 1.807) is 39.0 Å². The highest BCUT2D eigenvalue weighted by Crippen LogP contribution is 2.53. The zero-order valence-electron chi connectivity index (χ0n) is 16.6. The number of carbonyl (C=O) groups is 3. The lowest BCUT2D eigenvalue weighted by Gasteiger charge is -2.36. The minimum atomic E-state index is -1.87. The molecule has 0 aliphatic carbocycles. The molecule has 2 aliphatic heterocycles. The van der Waals surface area contributed by atoms with Crippen molar-refractivity contribution in [1.29, 1.82) is 0 Å². The number of nitrogens with one attached hydrogen (secondary N) is 1. The van der Waals surface area contributed by atoms with Crippen LogP contribution in [0.4, 0.5) is 5.69 Å². The zero-order valence-corrected chi connectivity index (χ0v) is 18.2. The molecular formula is C20H21BrN2O6. The number of carbonyl (C=O) groups excluding carboxylic acids is 3. The molecule has 0 bridgehead atoms. The molecule has 9 heteroatoms. The number of benzene rings is 1. The number of amides is 1. The third kappa shape index (κ3) is 3.19. The summed E-state index contributed by atoms with van der Waals surface area (Å²) in [6, 6.07) is 5.03. The third-order valence-electron chi connectivity index (χ3n) is 4.58. The van der Waals surface area contributed by atoms with E-state index >= 15 is 0 Å². The Bertz CT molecular complexity index is 1000. The Morgan fingerprint density at radius 3 is 2.45 bits per heavy atom. The van der Waals surface area contributed by atoms with Crippen LogP contribution < -0.4 is 11.1 Å². The predicted molar refractivity (Wildman–Crippen MR) is 107 cm³/mol. The van der Waals surface area contributed by atoms with Crippen LogP contribution in [0.3, 0.4) is 0 Å².